The molecule has 0 amide bonds. The summed E-state index contributed by atoms with van der Waals surface area (Å²) in [5.74, 6) is 0.579. The second-order valence-corrected chi connectivity index (χ2v) is 5.42. The first kappa shape index (κ1) is 16.1. The number of nitrogens with zero attached hydrogens (tertiary/aromatic N) is 1. The third-order valence-electron chi connectivity index (χ3n) is 4.12. The molecule has 3 N–H and O–H groups in total. The van der Waals surface area contributed by atoms with E-state index in [0.29, 0.717) is 23.7 Å². The Labute approximate surface area is 138 Å². The van der Waals surface area contributed by atoms with Crippen LogP contribution in [0.5, 0.6) is 17.2 Å². The Kier molecular flexibility index (Phi) is 4.30. The lowest BCUT2D eigenvalue weighted by Gasteiger charge is -2.29. The second kappa shape index (κ2) is 6.40. The monoisotopic (exact) mass is 333 g/mol. The highest BCUT2D eigenvalue weighted by Gasteiger charge is 2.34. The van der Waals surface area contributed by atoms with Gasteiger partial charge < -0.3 is 24.3 Å². The zero-order chi connectivity index (χ0) is 17.3. The number of hydrogen-bond acceptors (Lipinski definition) is 6. The van der Waals surface area contributed by atoms with Crippen molar-refractivity contribution in [1.82, 2.24) is 15.3 Å². The van der Waals surface area contributed by atoms with Crippen LogP contribution in [0.2, 0.25) is 0 Å². The van der Waals surface area contributed by atoms with Gasteiger partial charge in [-0.15, -0.1) is 0 Å². The van der Waals surface area contributed by atoms with Gasteiger partial charge in [-0.1, -0.05) is 0 Å². The number of H-pyrrole nitrogens is 1. The van der Waals surface area contributed by atoms with Gasteiger partial charge in [0.25, 0.3) is 0 Å². The molecular formula is C16H19N3O5. The van der Waals surface area contributed by atoms with Crippen molar-refractivity contribution in [2.75, 3.05) is 21.3 Å². The Hall–Kier alpha value is -2.74. The molecule has 0 unspecified atom stereocenters. The molecule has 128 valence electrons. The summed E-state index contributed by atoms with van der Waals surface area (Å²) >= 11 is 0. The van der Waals surface area contributed by atoms with Gasteiger partial charge in [-0.2, -0.15) is 0 Å². The van der Waals surface area contributed by atoms with E-state index in [1.165, 1.54) is 21.3 Å². The number of carboxylic acid groups (broad SMARTS) is 1. The van der Waals surface area contributed by atoms with Gasteiger partial charge in [0.1, 0.15) is 6.04 Å². The van der Waals surface area contributed by atoms with Crippen molar-refractivity contribution in [3.05, 3.63) is 35.4 Å². The fourth-order valence-corrected chi connectivity index (χ4v) is 2.97. The van der Waals surface area contributed by atoms with E-state index in [0.717, 1.165) is 17.0 Å². The van der Waals surface area contributed by atoms with Crippen LogP contribution in [0.4, 0.5) is 0 Å². The average Bonchev–Trinajstić information content (AvgIpc) is 3.07. The van der Waals surface area contributed by atoms with E-state index in [2.05, 4.69) is 15.3 Å². The molecule has 1 aliphatic rings. The maximum atomic E-state index is 11.4. The molecule has 1 aromatic heterocycles. The molecule has 0 spiro atoms. The maximum absolute atomic E-state index is 11.4. The SMILES string of the molecule is COc1cc([C@@H]2N[C@H](C(=O)O)Cc3[nH]cnc32)cc(OC)c1OC. The van der Waals surface area contributed by atoms with Crippen LogP contribution >= 0.6 is 0 Å². The molecule has 8 nitrogen and oxygen atoms in total. The van der Waals surface area contributed by atoms with Crippen LogP contribution in [0.25, 0.3) is 0 Å². The zero-order valence-electron chi connectivity index (χ0n) is 13.6. The Bertz CT molecular complexity index is 733. The Morgan fingerprint density at radius 1 is 1.21 bits per heavy atom. The summed E-state index contributed by atoms with van der Waals surface area (Å²) < 4.78 is 16.1. The summed E-state index contributed by atoms with van der Waals surface area (Å²) in [6.07, 6.45) is 1.92. The first-order chi connectivity index (χ1) is 11.6. The molecule has 0 saturated carbocycles. The fraction of sp³-hybridized carbons (Fsp3) is 0.375. The number of rotatable bonds is 5. The highest BCUT2D eigenvalue weighted by molar-refractivity contribution is 5.74. The zero-order valence-corrected chi connectivity index (χ0v) is 13.6. The molecular weight excluding hydrogens is 314 g/mol. The van der Waals surface area contributed by atoms with E-state index < -0.39 is 18.1 Å². The molecule has 0 bridgehead atoms. The average molecular weight is 333 g/mol. The standard InChI is InChI=1S/C16H19N3O5/c1-22-11-4-8(5-12(23-2)15(11)24-3)13-14-9(17-7-18-14)6-10(19-13)16(20)21/h4-5,7,10,13,19H,6H2,1-3H3,(H,17,18)(H,20,21)/t10-,13-/m0/s1. The van der Waals surface area contributed by atoms with E-state index in [4.69, 9.17) is 14.2 Å². The van der Waals surface area contributed by atoms with E-state index in [1.807, 2.05) is 0 Å². The molecule has 24 heavy (non-hydrogen) atoms. The lowest BCUT2D eigenvalue weighted by Crippen LogP contribution is -2.45. The van der Waals surface area contributed by atoms with Crippen molar-refractivity contribution in [2.24, 2.45) is 0 Å². The topological polar surface area (TPSA) is 106 Å². The Morgan fingerprint density at radius 2 is 1.88 bits per heavy atom. The number of aromatic nitrogens is 2. The molecule has 0 radical (unpaired) electrons. The van der Waals surface area contributed by atoms with E-state index in [-0.39, 0.29) is 0 Å². The summed E-state index contributed by atoms with van der Waals surface area (Å²) in [5.41, 5.74) is 2.35. The summed E-state index contributed by atoms with van der Waals surface area (Å²) in [7, 11) is 4.61. The first-order valence-electron chi connectivity index (χ1n) is 7.40. The lowest BCUT2D eigenvalue weighted by molar-refractivity contribution is -0.139. The van der Waals surface area contributed by atoms with Gasteiger partial charge in [0.2, 0.25) is 5.75 Å². The van der Waals surface area contributed by atoms with Gasteiger partial charge >= 0.3 is 5.97 Å². The fourth-order valence-electron chi connectivity index (χ4n) is 2.97. The van der Waals surface area contributed by atoms with Crippen LogP contribution in [-0.2, 0) is 11.2 Å². The number of fused-ring (bicyclic) bond motifs is 1. The van der Waals surface area contributed by atoms with Gasteiger partial charge in [0.05, 0.1) is 39.4 Å². The van der Waals surface area contributed by atoms with Gasteiger partial charge in [-0.3, -0.25) is 10.1 Å². The minimum absolute atomic E-state index is 0.353. The number of methoxy groups -OCH3 is 3. The summed E-state index contributed by atoms with van der Waals surface area (Å²) in [6, 6.07) is 2.49. The number of ether oxygens (including phenoxy) is 3. The van der Waals surface area contributed by atoms with Crippen molar-refractivity contribution < 1.29 is 24.1 Å². The molecule has 0 fully saturated rings. The van der Waals surface area contributed by atoms with E-state index >= 15 is 0 Å². The van der Waals surface area contributed by atoms with Gasteiger partial charge in [0, 0.05) is 12.1 Å². The molecule has 2 atom stereocenters. The molecule has 0 saturated heterocycles. The van der Waals surface area contributed by atoms with Gasteiger partial charge in [0.15, 0.2) is 11.5 Å². The number of benzene rings is 1. The van der Waals surface area contributed by atoms with Crippen molar-refractivity contribution in [1.29, 1.82) is 0 Å². The number of imidazole rings is 1. The predicted octanol–water partition coefficient (Wildman–Crippen LogP) is 1.12. The molecule has 2 heterocycles. The molecule has 1 aliphatic heterocycles. The maximum Gasteiger partial charge on any atom is 0.321 e. The number of aromatic amines is 1. The largest absolute Gasteiger partial charge is 0.493 e. The Balaban J connectivity index is 2.09. The minimum atomic E-state index is -0.910. The van der Waals surface area contributed by atoms with Gasteiger partial charge in [-0.25, -0.2) is 4.98 Å². The van der Waals surface area contributed by atoms with E-state index in [9.17, 15) is 9.90 Å². The summed E-state index contributed by atoms with van der Waals surface area (Å²) in [5, 5.41) is 12.5. The minimum Gasteiger partial charge on any atom is -0.493 e. The van der Waals surface area contributed by atoms with Crippen LogP contribution in [-0.4, -0.2) is 48.4 Å². The number of aliphatic carboxylic acids is 1. The molecule has 1 aromatic carbocycles. The molecule has 2 aromatic rings. The summed E-state index contributed by atoms with van der Waals surface area (Å²) in [4.78, 5) is 18.8. The number of carboxylic acids is 1. The third-order valence-corrected chi connectivity index (χ3v) is 4.12. The first-order valence-corrected chi connectivity index (χ1v) is 7.40. The van der Waals surface area contributed by atoms with Crippen LogP contribution < -0.4 is 19.5 Å². The number of nitrogens with one attached hydrogen (secondary N) is 2. The van der Waals surface area contributed by atoms with Crippen molar-refractivity contribution >= 4 is 5.97 Å². The van der Waals surface area contributed by atoms with Crippen LogP contribution in [0.3, 0.4) is 0 Å². The quantitative estimate of drug-likeness (QED) is 0.753. The number of carbonyl (C=O) groups is 1. The third kappa shape index (κ3) is 2.65. The van der Waals surface area contributed by atoms with Crippen molar-refractivity contribution in [3.8, 4) is 17.2 Å². The molecule has 3 rings (SSSR count). The molecule has 0 aliphatic carbocycles. The van der Waals surface area contributed by atoms with Gasteiger partial charge in [-0.05, 0) is 17.7 Å². The highest BCUT2D eigenvalue weighted by Crippen LogP contribution is 2.41. The summed E-state index contributed by atoms with van der Waals surface area (Å²) in [6.45, 7) is 0. The smallest absolute Gasteiger partial charge is 0.321 e. The lowest BCUT2D eigenvalue weighted by atomic mass is 9.93. The predicted molar refractivity (Wildman–Crippen MR) is 84.8 cm³/mol. The van der Waals surface area contributed by atoms with Crippen LogP contribution in [0, 0.1) is 0 Å². The number of hydrogen-bond donors (Lipinski definition) is 3. The van der Waals surface area contributed by atoms with Crippen molar-refractivity contribution in [3.63, 3.8) is 0 Å². The van der Waals surface area contributed by atoms with Crippen LogP contribution in [0.15, 0.2) is 18.5 Å². The molecule has 8 heteroatoms. The highest BCUT2D eigenvalue weighted by atomic mass is 16.5. The van der Waals surface area contributed by atoms with E-state index in [1.54, 1.807) is 18.5 Å². The second-order valence-electron chi connectivity index (χ2n) is 5.42. The Morgan fingerprint density at radius 3 is 2.42 bits per heavy atom. The normalized spacial score (nSPS) is 19.5. The van der Waals surface area contributed by atoms with Crippen LogP contribution in [0.1, 0.15) is 23.0 Å². The van der Waals surface area contributed by atoms with Crippen molar-refractivity contribution in [2.45, 2.75) is 18.5 Å².